The molecule has 15 heavy (non-hydrogen) atoms. The van der Waals surface area contributed by atoms with Gasteiger partial charge in [0.2, 0.25) is 0 Å². The molecule has 0 N–H and O–H groups in total. The second kappa shape index (κ2) is 5.27. The first kappa shape index (κ1) is 12.9. The predicted molar refractivity (Wildman–Crippen MR) is 49.1 cm³/mol. The van der Waals surface area contributed by atoms with Gasteiger partial charge in [-0.3, -0.25) is 4.21 Å². The van der Waals surface area contributed by atoms with Gasteiger partial charge in [-0.1, -0.05) is 11.1 Å². The maximum Gasteiger partial charge on any atom is 0.390 e. The fourth-order valence-electron chi connectivity index (χ4n) is 1.61. The Morgan fingerprint density at radius 3 is 2.27 bits per heavy atom. The zero-order valence-electron chi connectivity index (χ0n) is 8.13. The number of hydrogen-bond acceptors (Lipinski definition) is 3. The van der Waals surface area contributed by atoms with Crippen molar-refractivity contribution < 1.29 is 21.9 Å². The summed E-state index contributed by atoms with van der Waals surface area (Å²) in [7, 11) is 0. The van der Waals surface area contributed by atoms with E-state index in [2.05, 4.69) is 0 Å². The molecule has 0 radical (unpaired) electrons. The Hall–Kier alpha value is -0.140. The molecule has 1 saturated heterocycles. The third-order valence-corrected chi connectivity index (χ3v) is 3.53. The molecule has 0 bridgehead atoms. The number of nitrogens with zero attached hydrogens (tertiary/aromatic N) is 1. The maximum atomic E-state index is 11.9. The summed E-state index contributed by atoms with van der Waals surface area (Å²) in [5.41, 5.74) is 0. The number of piperidine rings is 1. The van der Waals surface area contributed by atoms with E-state index in [4.69, 9.17) is 0 Å². The molecule has 0 saturated carbocycles. The molecule has 1 rings (SSSR count). The van der Waals surface area contributed by atoms with Gasteiger partial charge in [-0.15, -0.1) is 0 Å². The molecule has 0 aromatic heterocycles. The van der Waals surface area contributed by atoms with Gasteiger partial charge in [-0.25, -0.2) is 0 Å². The summed E-state index contributed by atoms with van der Waals surface area (Å²) in [6.07, 6.45) is -4.07. The van der Waals surface area contributed by atoms with Crippen LogP contribution in [0.5, 0.6) is 0 Å². The molecule has 1 aliphatic rings. The molecule has 1 aliphatic heterocycles. The fraction of sp³-hybridized carbons (Fsp3) is 1.00. The van der Waals surface area contributed by atoms with Crippen molar-refractivity contribution in [2.45, 2.75) is 30.7 Å². The summed E-state index contributed by atoms with van der Waals surface area (Å²) in [5, 5.41) is -0.382. The monoisotopic (exact) mass is 244 g/mol. The third-order valence-electron chi connectivity index (χ3n) is 2.52. The highest BCUT2D eigenvalue weighted by Gasteiger charge is 2.29. The summed E-state index contributed by atoms with van der Waals surface area (Å²) in [4.78, 5) is 1.66. The first-order valence-corrected chi connectivity index (χ1v) is 5.89. The predicted octanol–water partition coefficient (Wildman–Crippen LogP) is 1.28. The fourth-order valence-corrected chi connectivity index (χ4v) is 2.21. The molecule has 1 heterocycles. The smallest absolute Gasteiger partial charge is 0.390 e. The SMILES string of the molecule is O=S([O-])C1CCN(CCC(F)(F)F)CC1. The maximum absolute atomic E-state index is 11.9. The second-order valence-electron chi connectivity index (χ2n) is 3.67. The Morgan fingerprint density at radius 2 is 1.87 bits per heavy atom. The van der Waals surface area contributed by atoms with Gasteiger partial charge in [0, 0.05) is 11.8 Å². The van der Waals surface area contributed by atoms with Crippen LogP contribution in [0.1, 0.15) is 19.3 Å². The van der Waals surface area contributed by atoms with Crippen LogP contribution < -0.4 is 0 Å². The van der Waals surface area contributed by atoms with Crippen LogP contribution in [0.3, 0.4) is 0 Å². The molecule has 7 heteroatoms. The molecule has 0 amide bonds. The van der Waals surface area contributed by atoms with Crippen LogP contribution in [0.4, 0.5) is 13.2 Å². The number of halogens is 3. The lowest BCUT2D eigenvalue weighted by molar-refractivity contribution is -0.138. The quantitative estimate of drug-likeness (QED) is 0.702. The molecular formula is C8H13F3NO2S-. The molecule has 90 valence electrons. The largest absolute Gasteiger partial charge is 0.772 e. The zero-order chi connectivity index (χ0) is 11.5. The normalized spacial score (nSPS) is 22.9. The van der Waals surface area contributed by atoms with Crippen LogP contribution in [0.2, 0.25) is 0 Å². The summed E-state index contributed by atoms with van der Waals surface area (Å²) in [6.45, 7) is 0.852. The lowest BCUT2D eigenvalue weighted by Gasteiger charge is -2.32. The Balaban J connectivity index is 2.23. The molecule has 1 fully saturated rings. The van der Waals surface area contributed by atoms with Gasteiger partial charge in [0.25, 0.3) is 0 Å². The Bertz CT molecular complexity index is 226. The first-order valence-electron chi connectivity index (χ1n) is 4.75. The molecule has 0 aromatic rings. The van der Waals surface area contributed by atoms with Crippen molar-refractivity contribution in [1.82, 2.24) is 4.90 Å². The second-order valence-corrected chi connectivity index (χ2v) is 4.85. The summed E-state index contributed by atoms with van der Waals surface area (Å²) >= 11 is -2.09. The van der Waals surface area contributed by atoms with Crippen LogP contribution >= 0.6 is 0 Å². The molecule has 0 spiro atoms. The summed E-state index contributed by atoms with van der Waals surface area (Å²) in [5.74, 6) is 0. The molecule has 3 nitrogen and oxygen atoms in total. The van der Waals surface area contributed by atoms with Gasteiger partial charge in [0.15, 0.2) is 0 Å². The molecule has 1 atom stereocenters. The van der Waals surface area contributed by atoms with E-state index in [0.29, 0.717) is 25.9 Å². The summed E-state index contributed by atoms with van der Waals surface area (Å²) < 4.78 is 56.8. The van der Waals surface area contributed by atoms with E-state index in [9.17, 15) is 21.9 Å². The highest BCUT2D eigenvalue weighted by atomic mass is 32.2. The van der Waals surface area contributed by atoms with Crippen LogP contribution in [0.25, 0.3) is 0 Å². The topological polar surface area (TPSA) is 43.4 Å². The van der Waals surface area contributed by atoms with Crippen LogP contribution in [-0.4, -0.2) is 44.7 Å². The molecule has 1 unspecified atom stereocenters. The van der Waals surface area contributed by atoms with Crippen LogP contribution in [0.15, 0.2) is 0 Å². The van der Waals surface area contributed by atoms with Crippen molar-refractivity contribution in [2.24, 2.45) is 0 Å². The van der Waals surface area contributed by atoms with Gasteiger partial charge in [0.1, 0.15) is 0 Å². The van der Waals surface area contributed by atoms with Gasteiger partial charge >= 0.3 is 6.18 Å². The van der Waals surface area contributed by atoms with Crippen molar-refractivity contribution in [2.75, 3.05) is 19.6 Å². The Labute approximate surface area is 88.9 Å². The van der Waals surface area contributed by atoms with E-state index < -0.39 is 23.7 Å². The van der Waals surface area contributed by atoms with Crippen molar-refractivity contribution in [1.29, 1.82) is 0 Å². The van der Waals surface area contributed by atoms with Crippen molar-refractivity contribution in [3.63, 3.8) is 0 Å². The van der Waals surface area contributed by atoms with Crippen LogP contribution in [0, 0.1) is 0 Å². The van der Waals surface area contributed by atoms with E-state index >= 15 is 0 Å². The highest BCUT2D eigenvalue weighted by Crippen LogP contribution is 2.21. The van der Waals surface area contributed by atoms with E-state index in [0.717, 1.165) is 0 Å². The van der Waals surface area contributed by atoms with Gasteiger partial charge in [-0.05, 0) is 25.9 Å². The average molecular weight is 244 g/mol. The van der Waals surface area contributed by atoms with E-state index in [1.165, 1.54) is 0 Å². The standard InChI is InChI=1S/C8H14F3NO2S/c9-8(10,11)3-6-12-4-1-7(2-5-12)15(13)14/h7H,1-6H2,(H,13,14)/p-1. The minimum atomic E-state index is -4.13. The molecule has 0 aliphatic carbocycles. The number of hydrogen-bond donors (Lipinski definition) is 0. The van der Waals surface area contributed by atoms with Gasteiger partial charge in [0.05, 0.1) is 6.42 Å². The van der Waals surface area contributed by atoms with E-state index in [1.54, 1.807) is 4.90 Å². The lowest BCUT2D eigenvalue weighted by Crippen LogP contribution is -2.39. The molecule has 0 aromatic carbocycles. The summed E-state index contributed by atoms with van der Waals surface area (Å²) in [6, 6.07) is 0. The number of rotatable bonds is 3. The zero-order valence-corrected chi connectivity index (χ0v) is 8.94. The number of alkyl halides is 3. The Morgan fingerprint density at radius 1 is 1.33 bits per heavy atom. The van der Waals surface area contributed by atoms with E-state index in [-0.39, 0.29) is 11.8 Å². The van der Waals surface area contributed by atoms with Crippen molar-refractivity contribution >= 4 is 11.1 Å². The van der Waals surface area contributed by atoms with Gasteiger partial charge < -0.3 is 9.45 Å². The minimum Gasteiger partial charge on any atom is -0.772 e. The Kier molecular flexibility index (Phi) is 4.54. The van der Waals surface area contributed by atoms with E-state index in [1.807, 2.05) is 0 Å². The van der Waals surface area contributed by atoms with Crippen molar-refractivity contribution in [3.05, 3.63) is 0 Å². The first-order chi connectivity index (χ1) is 6.88. The van der Waals surface area contributed by atoms with Gasteiger partial charge in [-0.2, -0.15) is 13.2 Å². The lowest BCUT2D eigenvalue weighted by atomic mass is 10.1. The third kappa shape index (κ3) is 4.94. The number of likely N-dealkylation sites (tertiary alicyclic amines) is 1. The average Bonchev–Trinajstić information content (AvgIpc) is 2.14. The minimum absolute atomic E-state index is 0.0261. The van der Waals surface area contributed by atoms with Crippen molar-refractivity contribution in [3.8, 4) is 0 Å². The molecular weight excluding hydrogens is 231 g/mol. The van der Waals surface area contributed by atoms with Crippen LogP contribution in [-0.2, 0) is 11.1 Å². The highest BCUT2D eigenvalue weighted by molar-refractivity contribution is 7.79.